The molecule has 2 aromatic rings. The molecule has 0 saturated heterocycles. The zero-order valence-electron chi connectivity index (χ0n) is 11.9. The lowest BCUT2D eigenvalue weighted by Crippen LogP contribution is -2.30. The number of hydrogen-bond acceptors (Lipinski definition) is 5. The predicted molar refractivity (Wildman–Crippen MR) is 80.1 cm³/mol. The largest absolute Gasteiger partial charge is 0.389 e. The van der Waals surface area contributed by atoms with Crippen molar-refractivity contribution in [1.82, 2.24) is 10.5 Å². The number of nitrogens with one attached hydrogen (secondary N) is 1. The van der Waals surface area contributed by atoms with Gasteiger partial charge in [-0.2, -0.15) is 0 Å². The molecule has 1 aromatic heterocycles. The van der Waals surface area contributed by atoms with Gasteiger partial charge in [-0.1, -0.05) is 35.0 Å². The van der Waals surface area contributed by atoms with E-state index in [9.17, 15) is 5.11 Å². The summed E-state index contributed by atoms with van der Waals surface area (Å²) in [5.41, 5.74) is 1.73. The summed E-state index contributed by atoms with van der Waals surface area (Å²) in [7, 11) is 0. The van der Waals surface area contributed by atoms with E-state index in [4.69, 9.17) is 20.9 Å². The standard InChI is InChI=1S/C15H19ClN2O3/c1-11-6-13(18-21-11)7-17-8-14(19)10-20-9-12-4-2-3-5-15(12)16/h2-6,14,17,19H,7-10H2,1H3. The summed E-state index contributed by atoms with van der Waals surface area (Å²) in [6.07, 6.45) is -0.583. The molecule has 2 N–H and O–H groups in total. The third-order valence-corrected chi connectivity index (χ3v) is 3.26. The maximum absolute atomic E-state index is 9.82. The zero-order valence-corrected chi connectivity index (χ0v) is 12.6. The number of rotatable bonds is 8. The molecule has 21 heavy (non-hydrogen) atoms. The Morgan fingerprint density at radius 3 is 2.95 bits per heavy atom. The number of benzene rings is 1. The van der Waals surface area contributed by atoms with Gasteiger partial charge in [0.1, 0.15) is 5.76 Å². The Labute approximate surface area is 128 Å². The van der Waals surface area contributed by atoms with Crippen LogP contribution in [0.15, 0.2) is 34.9 Å². The van der Waals surface area contributed by atoms with Gasteiger partial charge in [-0.05, 0) is 18.6 Å². The predicted octanol–water partition coefficient (Wildman–Crippen LogP) is 2.30. The third-order valence-electron chi connectivity index (χ3n) is 2.89. The average molecular weight is 311 g/mol. The van der Waals surface area contributed by atoms with Crippen molar-refractivity contribution in [2.45, 2.75) is 26.2 Å². The van der Waals surface area contributed by atoms with E-state index in [1.54, 1.807) is 0 Å². The molecule has 114 valence electrons. The molecule has 1 atom stereocenters. The number of aryl methyl sites for hydroxylation is 1. The second kappa shape index (κ2) is 8.14. The van der Waals surface area contributed by atoms with E-state index in [0.717, 1.165) is 17.0 Å². The SMILES string of the molecule is Cc1cc(CNCC(O)COCc2ccccc2Cl)no1. The van der Waals surface area contributed by atoms with Gasteiger partial charge in [-0.25, -0.2) is 0 Å². The lowest BCUT2D eigenvalue weighted by molar-refractivity contribution is 0.0287. The minimum Gasteiger partial charge on any atom is -0.389 e. The first-order chi connectivity index (χ1) is 10.1. The molecule has 0 spiro atoms. The van der Waals surface area contributed by atoms with E-state index in [2.05, 4.69) is 10.5 Å². The molecule has 1 heterocycles. The fraction of sp³-hybridized carbons (Fsp3) is 0.400. The van der Waals surface area contributed by atoms with Crippen LogP contribution >= 0.6 is 11.6 Å². The van der Waals surface area contributed by atoms with Crippen molar-refractivity contribution in [3.05, 3.63) is 52.4 Å². The molecule has 2 rings (SSSR count). The van der Waals surface area contributed by atoms with Gasteiger partial charge >= 0.3 is 0 Å². The van der Waals surface area contributed by atoms with Crippen LogP contribution in [0.25, 0.3) is 0 Å². The number of aliphatic hydroxyl groups excluding tert-OH is 1. The maximum Gasteiger partial charge on any atom is 0.133 e. The molecule has 5 nitrogen and oxygen atoms in total. The monoisotopic (exact) mass is 310 g/mol. The van der Waals surface area contributed by atoms with Crippen LogP contribution in [-0.2, 0) is 17.9 Å². The van der Waals surface area contributed by atoms with Crippen LogP contribution < -0.4 is 5.32 Å². The van der Waals surface area contributed by atoms with Crippen LogP contribution in [0.3, 0.4) is 0 Å². The van der Waals surface area contributed by atoms with Gasteiger partial charge in [0.2, 0.25) is 0 Å². The first kappa shape index (κ1) is 16.0. The first-order valence-electron chi connectivity index (χ1n) is 6.77. The summed E-state index contributed by atoms with van der Waals surface area (Å²) in [6, 6.07) is 9.35. The van der Waals surface area contributed by atoms with Crippen LogP contribution in [0.2, 0.25) is 5.02 Å². The molecule has 0 amide bonds. The van der Waals surface area contributed by atoms with Crippen molar-refractivity contribution < 1.29 is 14.4 Å². The normalized spacial score (nSPS) is 12.5. The molecule has 0 aliphatic carbocycles. The Morgan fingerprint density at radius 2 is 2.24 bits per heavy atom. The third kappa shape index (κ3) is 5.47. The van der Waals surface area contributed by atoms with Gasteiger partial charge < -0.3 is 19.7 Å². The summed E-state index contributed by atoms with van der Waals surface area (Å²) in [4.78, 5) is 0. The maximum atomic E-state index is 9.82. The highest BCUT2D eigenvalue weighted by atomic mass is 35.5. The number of nitrogens with zero attached hydrogens (tertiary/aromatic N) is 1. The minimum absolute atomic E-state index is 0.246. The highest BCUT2D eigenvalue weighted by Gasteiger charge is 2.06. The smallest absolute Gasteiger partial charge is 0.133 e. The Kier molecular flexibility index (Phi) is 6.20. The molecular formula is C15H19ClN2O3. The lowest BCUT2D eigenvalue weighted by atomic mass is 10.2. The molecule has 1 aromatic carbocycles. The van der Waals surface area contributed by atoms with Gasteiger partial charge in [0, 0.05) is 24.2 Å². The topological polar surface area (TPSA) is 67.5 Å². The van der Waals surface area contributed by atoms with Crippen molar-refractivity contribution >= 4 is 11.6 Å². The Morgan fingerprint density at radius 1 is 1.43 bits per heavy atom. The van der Waals surface area contributed by atoms with Crippen LogP contribution in [0, 0.1) is 6.92 Å². The van der Waals surface area contributed by atoms with Crippen LogP contribution in [0.1, 0.15) is 17.0 Å². The van der Waals surface area contributed by atoms with E-state index in [0.29, 0.717) is 24.7 Å². The van der Waals surface area contributed by atoms with Gasteiger partial charge in [0.05, 0.1) is 25.0 Å². The number of ether oxygens (including phenoxy) is 1. The Balaban J connectivity index is 1.61. The number of aromatic nitrogens is 1. The Bertz CT molecular complexity index is 559. The minimum atomic E-state index is -0.583. The summed E-state index contributed by atoms with van der Waals surface area (Å²) in [6.45, 7) is 3.45. The highest BCUT2D eigenvalue weighted by molar-refractivity contribution is 6.31. The quantitative estimate of drug-likeness (QED) is 0.783. The van der Waals surface area contributed by atoms with Crippen molar-refractivity contribution in [1.29, 1.82) is 0 Å². The van der Waals surface area contributed by atoms with Crippen molar-refractivity contribution in [2.24, 2.45) is 0 Å². The summed E-state index contributed by atoms with van der Waals surface area (Å²) in [5.74, 6) is 0.774. The fourth-order valence-corrected chi connectivity index (χ4v) is 2.04. The molecular weight excluding hydrogens is 292 g/mol. The van der Waals surface area contributed by atoms with E-state index in [-0.39, 0.29) is 6.61 Å². The van der Waals surface area contributed by atoms with Gasteiger partial charge in [0.25, 0.3) is 0 Å². The summed E-state index contributed by atoms with van der Waals surface area (Å²) < 4.78 is 10.4. The average Bonchev–Trinajstić information content (AvgIpc) is 2.87. The van der Waals surface area contributed by atoms with Crippen LogP contribution in [-0.4, -0.2) is 29.5 Å². The van der Waals surface area contributed by atoms with Crippen molar-refractivity contribution in [2.75, 3.05) is 13.2 Å². The molecule has 0 aliphatic rings. The van der Waals surface area contributed by atoms with E-state index in [1.807, 2.05) is 37.3 Å². The van der Waals surface area contributed by atoms with E-state index in [1.165, 1.54) is 0 Å². The molecule has 0 saturated carbocycles. The first-order valence-corrected chi connectivity index (χ1v) is 7.15. The number of hydrogen-bond donors (Lipinski definition) is 2. The van der Waals surface area contributed by atoms with Gasteiger partial charge in [0.15, 0.2) is 0 Å². The number of aliphatic hydroxyl groups is 1. The number of halogens is 1. The molecule has 1 unspecified atom stereocenters. The fourth-order valence-electron chi connectivity index (χ4n) is 1.85. The molecule has 0 radical (unpaired) electrons. The zero-order chi connectivity index (χ0) is 15.1. The summed E-state index contributed by atoms with van der Waals surface area (Å²) in [5, 5.41) is 17.4. The van der Waals surface area contributed by atoms with Crippen LogP contribution in [0.4, 0.5) is 0 Å². The molecule has 0 bridgehead atoms. The second-order valence-corrected chi connectivity index (χ2v) is 5.23. The van der Waals surface area contributed by atoms with E-state index < -0.39 is 6.10 Å². The van der Waals surface area contributed by atoms with Gasteiger partial charge in [-0.3, -0.25) is 0 Å². The molecule has 0 fully saturated rings. The van der Waals surface area contributed by atoms with Gasteiger partial charge in [-0.15, -0.1) is 0 Å². The second-order valence-electron chi connectivity index (χ2n) is 4.82. The van der Waals surface area contributed by atoms with Crippen LogP contribution in [0.5, 0.6) is 0 Å². The molecule has 6 heteroatoms. The van der Waals surface area contributed by atoms with Crippen molar-refractivity contribution in [3.8, 4) is 0 Å². The van der Waals surface area contributed by atoms with E-state index >= 15 is 0 Å². The lowest BCUT2D eigenvalue weighted by Gasteiger charge is -2.12. The Hall–Kier alpha value is -1.40. The highest BCUT2D eigenvalue weighted by Crippen LogP contribution is 2.15. The van der Waals surface area contributed by atoms with Crippen molar-refractivity contribution in [3.63, 3.8) is 0 Å². The molecule has 0 aliphatic heterocycles. The summed E-state index contributed by atoms with van der Waals surface area (Å²) >= 11 is 6.02.